The van der Waals surface area contributed by atoms with Crippen molar-refractivity contribution in [1.82, 2.24) is 9.78 Å². The Balaban J connectivity index is 2.59. The molecule has 0 aliphatic carbocycles. The molecule has 0 atom stereocenters. The maximum atomic E-state index is 12.6. The molecule has 0 fully saturated rings. The summed E-state index contributed by atoms with van der Waals surface area (Å²) >= 11 is 0. The van der Waals surface area contributed by atoms with Crippen molar-refractivity contribution in [2.45, 2.75) is 32.6 Å². The minimum absolute atomic E-state index is 0.288. The van der Waals surface area contributed by atoms with Crippen molar-refractivity contribution in [1.29, 1.82) is 0 Å². The predicted molar refractivity (Wildman–Crippen MR) is 83.0 cm³/mol. The van der Waals surface area contributed by atoms with Gasteiger partial charge < -0.3 is 9.84 Å². The number of carboxylic acid groups (broad SMARTS) is 1. The van der Waals surface area contributed by atoms with E-state index in [1.165, 1.54) is 4.68 Å². The molecule has 0 saturated carbocycles. The third kappa shape index (κ3) is 3.05. The Bertz CT molecular complexity index is 733. The molecular formula is C16H20N2O4. The van der Waals surface area contributed by atoms with Gasteiger partial charge in [-0.1, -0.05) is 20.8 Å². The average molecular weight is 304 g/mol. The summed E-state index contributed by atoms with van der Waals surface area (Å²) in [5, 5.41) is 12.1. The second-order valence-corrected chi connectivity index (χ2v) is 6.12. The number of hydrogen-bond donors (Lipinski definition) is 2. The van der Waals surface area contributed by atoms with Gasteiger partial charge in [-0.25, -0.2) is 4.68 Å². The Morgan fingerprint density at radius 3 is 2.32 bits per heavy atom. The van der Waals surface area contributed by atoms with Crippen molar-refractivity contribution in [2.24, 2.45) is 0 Å². The molecule has 0 bridgehead atoms. The van der Waals surface area contributed by atoms with Gasteiger partial charge in [-0.15, -0.1) is 0 Å². The third-order valence-electron chi connectivity index (χ3n) is 3.40. The molecule has 1 aromatic carbocycles. The van der Waals surface area contributed by atoms with Crippen LogP contribution < -0.4 is 10.3 Å². The molecule has 1 heterocycles. The number of aliphatic carboxylic acids is 1. The summed E-state index contributed by atoms with van der Waals surface area (Å²) in [5.41, 5.74) is 0.860. The molecule has 1 aromatic heterocycles. The number of rotatable bonds is 4. The number of benzene rings is 1. The molecule has 0 aliphatic rings. The summed E-state index contributed by atoms with van der Waals surface area (Å²) in [6.07, 6.45) is -0.301. The Morgan fingerprint density at radius 2 is 1.86 bits per heavy atom. The van der Waals surface area contributed by atoms with Crippen molar-refractivity contribution in [2.75, 3.05) is 7.11 Å². The lowest BCUT2D eigenvalue weighted by Gasteiger charge is -2.17. The maximum Gasteiger partial charge on any atom is 0.308 e. The average Bonchev–Trinajstić information content (AvgIpc) is 2.76. The van der Waals surface area contributed by atoms with Crippen LogP contribution in [-0.4, -0.2) is 28.0 Å². The first kappa shape index (κ1) is 15.9. The second kappa shape index (κ2) is 5.71. The largest absolute Gasteiger partial charge is 0.497 e. The predicted octanol–water partition coefficient (Wildman–Crippen LogP) is 2.10. The van der Waals surface area contributed by atoms with Crippen molar-refractivity contribution < 1.29 is 14.6 Å². The van der Waals surface area contributed by atoms with Gasteiger partial charge in [-0.05, 0) is 24.3 Å². The summed E-state index contributed by atoms with van der Waals surface area (Å²) in [6, 6.07) is 6.98. The van der Waals surface area contributed by atoms with Crippen LogP contribution in [0.15, 0.2) is 29.1 Å². The number of methoxy groups -OCH3 is 1. The van der Waals surface area contributed by atoms with Crippen LogP contribution in [-0.2, 0) is 16.6 Å². The number of hydrogen-bond acceptors (Lipinski definition) is 3. The molecule has 2 N–H and O–H groups in total. The lowest BCUT2D eigenvalue weighted by Crippen LogP contribution is -2.21. The Hall–Kier alpha value is -2.50. The molecular weight excluding hydrogens is 284 g/mol. The Kier molecular flexibility index (Phi) is 4.12. The molecule has 2 aromatic rings. The highest BCUT2D eigenvalue weighted by atomic mass is 16.5. The highest BCUT2D eigenvalue weighted by Crippen LogP contribution is 2.24. The summed E-state index contributed by atoms with van der Waals surface area (Å²) in [6.45, 7) is 5.80. The van der Waals surface area contributed by atoms with Crippen molar-refractivity contribution >= 4 is 5.97 Å². The Labute approximate surface area is 128 Å². The smallest absolute Gasteiger partial charge is 0.308 e. The van der Waals surface area contributed by atoms with E-state index >= 15 is 0 Å². The van der Waals surface area contributed by atoms with Crippen molar-refractivity contribution in [3.63, 3.8) is 0 Å². The third-order valence-corrected chi connectivity index (χ3v) is 3.40. The quantitative estimate of drug-likeness (QED) is 0.906. The molecule has 6 heteroatoms. The lowest BCUT2D eigenvalue weighted by atomic mass is 9.89. The first-order valence-corrected chi connectivity index (χ1v) is 6.94. The number of carboxylic acids is 1. The molecule has 0 radical (unpaired) electrons. The SMILES string of the molecule is COc1ccc(-n2[nH]c(C(C)(C)C)c(CC(=O)O)c2=O)cc1. The van der Waals surface area contributed by atoms with Gasteiger partial charge in [0.1, 0.15) is 5.75 Å². The molecule has 0 aliphatic heterocycles. The zero-order valence-corrected chi connectivity index (χ0v) is 13.1. The van der Waals surface area contributed by atoms with Gasteiger partial charge >= 0.3 is 5.97 Å². The summed E-state index contributed by atoms with van der Waals surface area (Å²) in [5.74, 6) is -0.339. The van der Waals surface area contributed by atoms with Gasteiger partial charge in [0, 0.05) is 11.1 Å². The number of nitrogens with zero attached hydrogens (tertiary/aromatic N) is 1. The van der Waals surface area contributed by atoms with Gasteiger partial charge in [0.15, 0.2) is 0 Å². The maximum absolute atomic E-state index is 12.6. The number of nitrogens with one attached hydrogen (secondary N) is 1. The zero-order valence-electron chi connectivity index (χ0n) is 13.1. The van der Waals surface area contributed by atoms with E-state index in [0.29, 0.717) is 17.1 Å². The van der Waals surface area contributed by atoms with Crippen molar-refractivity contribution in [3.8, 4) is 11.4 Å². The molecule has 0 spiro atoms. The molecule has 0 unspecified atom stereocenters. The summed E-state index contributed by atoms with van der Waals surface area (Å²) in [4.78, 5) is 23.6. The van der Waals surface area contributed by atoms with E-state index < -0.39 is 5.97 Å². The van der Waals surface area contributed by atoms with E-state index in [1.54, 1.807) is 31.4 Å². The van der Waals surface area contributed by atoms with Crippen molar-refractivity contribution in [3.05, 3.63) is 45.9 Å². The molecule has 22 heavy (non-hydrogen) atoms. The van der Waals surface area contributed by atoms with E-state index in [9.17, 15) is 9.59 Å². The Morgan fingerprint density at radius 1 is 1.27 bits per heavy atom. The first-order valence-electron chi connectivity index (χ1n) is 6.94. The fraction of sp³-hybridized carbons (Fsp3) is 0.375. The minimum atomic E-state index is -1.02. The van der Waals surface area contributed by atoms with Gasteiger partial charge in [0.05, 0.1) is 24.8 Å². The lowest BCUT2D eigenvalue weighted by molar-refractivity contribution is -0.136. The minimum Gasteiger partial charge on any atom is -0.497 e. The van der Waals surface area contributed by atoms with Crippen LogP contribution in [0.4, 0.5) is 0 Å². The number of aromatic nitrogens is 2. The number of aromatic amines is 1. The summed E-state index contributed by atoms with van der Waals surface area (Å²) in [7, 11) is 1.57. The number of ether oxygens (including phenoxy) is 1. The normalized spacial score (nSPS) is 11.5. The van der Waals surface area contributed by atoms with E-state index in [1.807, 2.05) is 20.8 Å². The topological polar surface area (TPSA) is 84.3 Å². The first-order chi connectivity index (χ1) is 10.2. The fourth-order valence-corrected chi connectivity index (χ4v) is 2.32. The van der Waals surface area contributed by atoms with Crippen LogP contribution >= 0.6 is 0 Å². The van der Waals surface area contributed by atoms with Gasteiger partial charge in [0.25, 0.3) is 5.56 Å². The van der Waals surface area contributed by atoms with E-state index in [-0.39, 0.29) is 23.0 Å². The van der Waals surface area contributed by atoms with Crippen LogP contribution in [0.25, 0.3) is 5.69 Å². The molecule has 0 saturated heterocycles. The van der Waals surface area contributed by atoms with Crippen LogP contribution in [0.1, 0.15) is 32.0 Å². The van der Waals surface area contributed by atoms with E-state index in [2.05, 4.69) is 5.10 Å². The highest BCUT2D eigenvalue weighted by molar-refractivity contribution is 5.70. The fourth-order valence-electron chi connectivity index (χ4n) is 2.32. The van der Waals surface area contributed by atoms with Gasteiger partial charge in [-0.2, -0.15) is 0 Å². The van der Waals surface area contributed by atoms with Crippen LogP contribution in [0.3, 0.4) is 0 Å². The molecule has 6 nitrogen and oxygen atoms in total. The standard InChI is InChI=1S/C16H20N2O4/c1-16(2,3)14-12(9-13(19)20)15(21)18(17-14)10-5-7-11(22-4)8-6-10/h5-8,17H,9H2,1-4H3,(H,19,20). The molecule has 0 amide bonds. The summed E-state index contributed by atoms with van der Waals surface area (Å²) < 4.78 is 6.47. The van der Waals surface area contributed by atoms with E-state index in [4.69, 9.17) is 9.84 Å². The number of carbonyl (C=O) groups is 1. The van der Waals surface area contributed by atoms with Gasteiger partial charge in [-0.3, -0.25) is 14.7 Å². The second-order valence-electron chi connectivity index (χ2n) is 6.12. The van der Waals surface area contributed by atoms with Gasteiger partial charge in [0.2, 0.25) is 0 Å². The zero-order chi connectivity index (χ0) is 16.5. The van der Waals surface area contributed by atoms with Crippen LogP contribution in [0, 0.1) is 0 Å². The van der Waals surface area contributed by atoms with Crippen LogP contribution in [0.5, 0.6) is 5.75 Å². The van der Waals surface area contributed by atoms with Crippen LogP contribution in [0.2, 0.25) is 0 Å². The monoisotopic (exact) mass is 304 g/mol. The highest BCUT2D eigenvalue weighted by Gasteiger charge is 2.26. The van der Waals surface area contributed by atoms with E-state index in [0.717, 1.165) is 0 Å². The molecule has 2 rings (SSSR count). The molecule has 118 valence electrons. The number of H-pyrrole nitrogens is 1.